The second kappa shape index (κ2) is 8.03. The summed E-state index contributed by atoms with van der Waals surface area (Å²) in [6, 6.07) is 5.21. The zero-order chi connectivity index (χ0) is 15.2. The molecule has 0 spiro atoms. The molecule has 0 radical (unpaired) electrons. The molecule has 3 nitrogen and oxygen atoms in total. The molecule has 21 heavy (non-hydrogen) atoms. The number of nitrogens with zero attached hydrogens (tertiary/aromatic N) is 2. The molecule has 1 unspecified atom stereocenters. The lowest BCUT2D eigenvalue weighted by atomic mass is 10.1. The van der Waals surface area contributed by atoms with Gasteiger partial charge >= 0.3 is 0 Å². The maximum Gasteiger partial charge on any atom is 0.0931 e. The van der Waals surface area contributed by atoms with Crippen LogP contribution in [0.25, 0.3) is 0 Å². The third-order valence-corrected chi connectivity index (χ3v) is 4.35. The van der Waals surface area contributed by atoms with E-state index in [2.05, 4.69) is 15.7 Å². The zero-order valence-electron chi connectivity index (χ0n) is 11.9. The Labute approximate surface area is 136 Å². The average Bonchev–Trinajstić information content (AvgIpc) is 2.46. The highest BCUT2D eigenvalue weighted by atomic mass is 35.5. The van der Waals surface area contributed by atoms with Gasteiger partial charge in [0.2, 0.25) is 0 Å². The van der Waals surface area contributed by atoms with Crippen molar-refractivity contribution in [1.82, 2.24) is 9.80 Å². The van der Waals surface area contributed by atoms with Gasteiger partial charge in [0.1, 0.15) is 0 Å². The van der Waals surface area contributed by atoms with Gasteiger partial charge in [0.15, 0.2) is 0 Å². The smallest absolute Gasteiger partial charge is 0.0931 e. The van der Waals surface area contributed by atoms with Gasteiger partial charge in [-0.25, -0.2) is 0 Å². The lowest BCUT2D eigenvalue weighted by Crippen LogP contribution is -2.47. The van der Waals surface area contributed by atoms with Crippen molar-refractivity contribution in [3.8, 4) is 12.3 Å². The molecule has 0 amide bonds. The molecule has 1 aromatic rings. The molecule has 1 fully saturated rings. The quantitative estimate of drug-likeness (QED) is 0.843. The van der Waals surface area contributed by atoms with Gasteiger partial charge in [-0.3, -0.25) is 9.80 Å². The van der Waals surface area contributed by atoms with Crippen LogP contribution in [0.3, 0.4) is 0 Å². The predicted octanol–water partition coefficient (Wildman–Crippen LogP) is 2.67. The fourth-order valence-corrected chi connectivity index (χ4v) is 3.07. The number of aliphatic hydroxyl groups excluding tert-OH is 1. The fraction of sp³-hybridized carbons (Fsp3) is 0.500. The van der Waals surface area contributed by atoms with E-state index in [0.29, 0.717) is 16.6 Å². The molecule has 0 bridgehead atoms. The van der Waals surface area contributed by atoms with Crippen LogP contribution in [-0.4, -0.2) is 54.2 Å². The summed E-state index contributed by atoms with van der Waals surface area (Å²) in [6.45, 7) is 5.39. The van der Waals surface area contributed by atoms with E-state index in [9.17, 15) is 5.11 Å². The Morgan fingerprint density at radius 2 is 1.86 bits per heavy atom. The van der Waals surface area contributed by atoms with Crippen molar-refractivity contribution in [3.05, 3.63) is 33.8 Å². The van der Waals surface area contributed by atoms with Gasteiger partial charge in [0.25, 0.3) is 0 Å². The Balaban J connectivity index is 1.84. The molecule has 1 aliphatic heterocycles. The van der Waals surface area contributed by atoms with E-state index in [-0.39, 0.29) is 0 Å². The minimum absolute atomic E-state index is 0.516. The van der Waals surface area contributed by atoms with Crippen LogP contribution >= 0.6 is 23.2 Å². The number of halogens is 2. The molecule has 1 heterocycles. The van der Waals surface area contributed by atoms with Crippen molar-refractivity contribution in [2.45, 2.75) is 12.5 Å². The van der Waals surface area contributed by atoms with Crippen LogP contribution in [0.2, 0.25) is 10.0 Å². The first-order valence-electron chi connectivity index (χ1n) is 7.11. The van der Waals surface area contributed by atoms with E-state index in [1.807, 2.05) is 0 Å². The molecule has 1 saturated heterocycles. The van der Waals surface area contributed by atoms with E-state index in [4.69, 9.17) is 29.6 Å². The standard InChI is InChI=1S/C16H20Cl2N2O/c1-2-3-6-19-7-9-20(10-8-19)12-16(21)14-5-4-13(17)11-15(14)18/h1,4-5,11,16,21H,3,6-10,12H2. The number of hydrogen-bond acceptors (Lipinski definition) is 3. The molecule has 0 saturated carbocycles. The van der Waals surface area contributed by atoms with E-state index in [1.54, 1.807) is 18.2 Å². The van der Waals surface area contributed by atoms with Gasteiger partial charge in [-0.2, -0.15) is 0 Å². The van der Waals surface area contributed by atoms with Gasteiger partial charge in [-0.05, 0) is 12.1 Å². The molecule has 1 aromatic carbocycles. The predicted molar refractivity (Wildman–Crippen MR) is 87.8 cm³/mol. The monoisotopic (exact) mass is 326 g/mol. The van der Waals surface area contributed by atoms with Crippen LogP contribution in [0.15, 0.2) is 18.2 Å². The van der Waals surface area contributed by atoms with Crippen LogP contribution in [-0.2, 0) is 0 Å². The van der Waals surface area contributed by atoms with Gasteiger partial charge in [-0.15, -0.1) is 12.3 Å². The molecular weight excluding hydrogens is 307 g/mol. The van der Waals surface area contributed by atoms with Crippen LogP contribution < -0.4 is 0 Å². The third-order valence-electron chi connectivity index (χ3n) is 3.79. The molecule has 2 rings (SSSR count). The Kier molecular flexibility index (Phi) is 6.35. The molecule has 1 aliphatic rings. The minimum atomic E-state index is -0.591. The number of hydrogen-bond donors (Lipinski definition) is 1. The molecular formula is C16H20Cl2N2O. The molecule has 5 heteroatoms. The van der Waals surface area contributed by atoms with Gasteiger partial charge in [0, 0.05) is 61.3 Å². The summed E-state index contributed by atoms with van der Waals surface area (Å²) in [4.78, 5) is 4.61. The van der Waals surface area contributed by atoms with E-state index in [1.165, 1.54) is 0 Å². The summed E-state index contributed by atoms with van der Waals surface area (Å²) in [6.07, 6.45) is 5.49. The lowest BCUT2D eigenvalue weighted by molar-refractivity contribution is 0.0734. The van der Waals surface area contributed by atoms with Gasteiger partial charge < -0.3 is 5.11 Å². The van der Waals surface area contributed by atoms with E-state index >= 15 is 0 Å². The highest BCUT2D eigenvalue weighted by Gasteiger charge is 2.20. The SMILES string of the molecule is C#CCCN1CCN(CC(O)c2ccc(Cl)cc2Cl)CC1. The normalized spacial score (nSPS) is 18.4. The Bertz CT molecular complexity index is 507. The maximum absolute atomic E-state index is 10.3. The highest BCUT2D eigenvalue weighted by molar-refractivity contribution is 6.35. The first-order valence-corrected chi connectivity index (χ1v) is 7.87. The Hall–Kier alpha value is -0.760. The number of rotatable bonds is 5. The fourth-order valence-electron chi connectivity index (χ4n) is 2.53. The first kappa shape index (κ1) is 16.6. The highest BCUT2D eigenvalue weighted by Crippen LogP contribution is 2.27. The van der Waals surface area contributed by atoms with Crippen LogP contribution in [0.4, 0.5) is 0 Å². The summed E-state index contributed by atoms with van der Waals surface area (Å²) in [5.41, 5.74) is 0.732. The number of terminal acetylenes is 1. The first-order chi connectivity index (χ1) is 10.1. The number of aliphatic hydroxyl groups is 1. The summed E-state index contributed by atoms with van der Waals surface area (Å²) in [5.74, 6) is 2.67. The Morgan fingerprint density at radius 1 is 1.19 bits per heavy atom. The van der Waals surface area contributed by atoms with Crippen molar-refractivity contribution in [3.63, 3.8) is 0 Å². The molecule has 1 N–H and O–H groups in total. The number of piperazine rings is 1. The molecule has 0 aliphatic carbocycles. The average molecular weight is 327 g/mol. The van der Waals surface area contributed by atoms with E-state index in [0.717, 1.165) is 44.7 Å². The van der Waals surface area contributed by atoms with Crippen molar-refractivity contribution < 1.29 is 5.11 Å². The summed E-state index contributed by atoms with van der Waals surface area (Å²) in [7, 11) is 0. The maximum atomic E-state index is 10.3. The van der Waals surface area contributed by atoms with Crippen molar-refractivity contribution >= 4 is 23.2 Å². The summed E-state index contributed by atoms with van der Waals surface area (Å²) < 4.78 is 0. The van der Waals surface area contributed by atoms with Crippen molar-refractivity contribution in [1.29, 1.82) is 0 Å². The van der Waals surface area contributed by atoms with Crippen molar-refractivity contribution in [2.24, 2.45) is 0 Å². The third kappa shape index (κ3) is 4.88. The van der Waals surface area contributed by atoms with E-state index < -0.39 is 6.10 Å². The van der Waals surface area contributed by atoms with Gasteiger partial charge in [-0.1, -0.05) is 29.3 Å². The zero-order valence-corrected chi connectivity index (χ0v) is 13.4. The summed E-state index contributed by atoms with van der Waals surface area (Å²) >= 11 is 12.0. The van der Waals surface area contributed by atoms with Crippen molar-refractivity contribution in [2.75, 3.05) is 39.3 Å². The minimum Gasteiger partial charge on any atom is -0.387 e. The molecule has 0 aromatic heterocycles. The second-order valence-corrected chi connectivity index (χ2v) is 6.12. The largest absolute Gasteiger partial charge is 0.387 e. The molecule has 1 atom stereocenters. The molecule has 114 valence electrons. The topological polar surface area (TPSA) is 26.7 Å². The number of benzene rings is 1. The second-order valence-electron chi connectivity index (χ2n) is 5.28. The van der Waals surface area contributed by atoms with Crippen LogP contribution in [0.5, 0.6) is 0 Å². The van der Waals surface area contributed by atoms with Gasteiger partial charge in [0.05, 0.1) is 6.10 Å². The van der Waals surface area contributed by atoms with Crippen LogP contribution in [0.1, 0.15) is 18.1 Å². The summed E-state index contributed by atoms with van der Waals surface area (Å²) in [5, 5.41) is 11.4. The Morgan fingerprint density at radius 3 is 2.48 bits per heavy atom. The number of β-amino-alcohol motifs (C(OH)–C–C–N with tert-alkyl or cyclic N) is 1. The lowest BCUT2D eigenvalue weighted by Gasteiger charge is -2.35. The van der Waals surface area contributed by atoms with Crippen LogP contribution in [0, 0.1) is 12.3 Å².